The van der Waals surface area contributed by atoms with Gasteiger partial charge in [-0.25, -0.2) is 9.78 Å². The van der Waals surface area contributed by atoms with E-state index in [4.69, 9.17) is 4.74 Å². The summed E-state index contributed by atoms with van der Waals surface area (Å²) >= 11 is 0. The highest BCUT2D eigenvalue weighted by atomic mass is 19.3. The number of hydrogen-bond acceptors (Lipinski definition) is 7. The second kappa shape index (κ2) is 8.45. The third-order valence-corrected chi connectivity index (χ3v) is 6.19. The minimum absolute atomic E-state index is 0.00265. The number of anilines is 4. The number of nitrogens with zero attached hydrogens (tertiary/aromatic N) is 4. The van der Waals surface area contributed by atoms with E-state index in [1.807, 2.05) is 0 Å². The molecule has 176 valence electrons. The monoisotopic (exact) mass is 461 g/mol. The second-order valence-electron chi connectivity index (χ2n) is 8.48. The molecule has 1 aromatic carbocycles. The molecule has 1 amide bonds. The molecule has 0 saturated heterocycles. The number of carbonyl (C=O) groups is 2. The van der Waals surface area contributed by atoms with Crippen molar-refractivity contribution in [2.45, 2.75) is 38.2 Å². The molecule has 2 heterocycles. The van der Waals surface area contributed by atoms with E-state index < -0.39 is 24.3 Å². The van der Waals surface area contributed by atoms with E-state index in [-0.39, 0.29) is 40.5 Å². The van der Waals surface area contributed by atoms with Gasteiger partial charge in [-0.15, -0.1) is 0 Å². The smallest absolute Gasteiger partial charge is 0.342 e. The molecule has 1 fully saturated rings. The third kappa shape index (κ3) is 4.14. The Bertz CT molecular complexity index is 1100. The first-order valence-electron chi connectivity index (χ1n) is 10.6. The zero-order chi connectivity index (χ0) is 23.9. The Balaban J connectivity index is 1.80. The molecule has 1 unspecified atom stereocenters. The van der Waals surface area contributed by atoms with Gasteiger partial charge in [-0.1, -0.05) is 13.0 Å². The number of ether oxygens (including phenoxy) is 1. The molecule has 1 aromatic heterocycles. The third-order valence-electron chi connectivity index (χ3n) is 6.19. The molecule has 33 heavy (non-hydrogen) atoms. The molecule has 0 radical (unpaired) electrons. The quantitative estimate of drug-likeness (QED) is 0.696. The number of amides is 1. The Morgan fingerprint density at radius 1 is 1.33 bits per heavy atom. The zero-order valence-corrected chi connectivity index (χ0v) is 18.5. The van der Waals surface area contributed by atoms with Gasteiger partial charge in [0.1, 0.15) is 11.4 Å². The van der Waals surface area contributed by atoms with Crippen molar-refractivity contribution in [3.05, 3.63) is 30.0 Å². The van der Waals surface area contributed by atoms with Crippen molar-refractivity contribution in [2.75, 3.05) is 35.8 Å². The minimum atomic E-state index is -3.59. The van der Waals surface area contributed by atoms with Crippen molar-refractivity contribution in [3.63, 3.8) is 0 Å². The summed E-state index contributed by atoms with van der Waals surface area (Å²) in [5.74, 6) is -5.26. The number of benzene rings is 1. The number of carbonyl (C=O) groups excluding carboxylic acids is 1. The van der Waals surface area contributed by atoms with Gasteiger partial charge in [-0.05, 0) is 37.3 Å². The van der Waals surface area contributed by atoms with E-state index in [0.717, 1.165) is 11.3 Å². The molecule has 2 aliphatic rings. The summed E-state index contributed by atoms with van der Waals surface area (Å²) in [5.41, 5.74) is 0.242. The Labute approximate surface area is 189 Å². The fraction of sp³-hybridized carbons (Fsp3) is 0.455. The lowest BCUT2D eigenvalue weighted by atomic mass is 10.1. The van der Waals surface area contributed by atoms with E-state index in [0.29, 0.717) is 18.8 Å². The van der Waals surface area contributed by atoms with E-state index in [9.17, 15) is 23.5 Å². The number of aromatic nitrogens is 2. The molecule has 9 nitrogen and oxygen atoms in total. The van der Waals surface area contributed by atoms with Crippen molar-refractivity contribution in [3.8, 4) is 5.75 Å². The van der Waals surface area contributed by atoms with Crippen LogP contribution in [0.2, 0.25) is 0 Å². The number of carboxylic acids is 1. The maximum absolute atomic E-state index is 14.8. The highest BCUT2D eigenvalue weighted by Crippen LogP contribution is 2.41. The van der Waals surface area contributed by atoms with Gasteiger partial charge >= 0.3 is 11.9 Å². The van der Waals surface area contributed by atoms with Crippen molar-refractivity contribution >= 4 is 35.0 Å². The van der Waals surface area contributed by atoms with Crippen LogP contribution in [0.25, 0.3) is 0 Å². The van der Waals surface area contributed by atoms with Crippen LogP contribution in [0.3, 0.4) is 0 Å². The molecule has 2 aromatic rings. The first-order chi connectivity index (χ1) is 15.6. The summed E-state index contributed by atoms with van der Waals surface area (Å²) in [7, 11) is 2.67. The molecule has 11 heteroatoms. The molecule has 0 bridgehead atoms. The van der Waals surface area contributed by atoms with Crippen LogP contribution in [0.15, 0.2) is 24.4 Å². The van der Waals surface area contributed by atoms with Crippen LogP contribution in [0.4, 0.5) is 31.9 Å². The first-order valence-corrected chi connectivity index (χ1v) is 10.6. The van der Waals surface area contributed by atoms with Crippen LogP contribution >= 0.6 is 0 Å². The van der Waals surface area contributed by atoms with E-state index in [1.165, 1.54) is 37.4 Å². The van der Waals surface area contributed by atoms with Gasteiger partial charge in [0.15, 0.2) is 5.82 Å². The Kier molecular flexibility index (Phi) is 5.81. The van der Waals surface area contributed by atoms with Gasteiger partial charge in [-0.2, -0.15) is 13.8 Å². The van der Waals surface area contributed by atoms with E-state index in [1.54, 1.807) is 6.07 Å². The summed E-state index contributed by atoms with van der Waals surface area (Å²) in [5, 5.41) is 12.4. The lowest BCUT2D eigenvalue weighted by Gasteiger charge is -2.31. The molecule has 1 aliphatic heterocycles. The normalized spacial score (nSPS) is 22.0. The van der Waals surface area contributed by atoms with Crippen molar-refractivity contribution < 1.29 is 28.2 Å². The number of aromatic carboxylic acids is 1. The highest BCUT2D eigenvalue weighted by molar-refractivity contribution is 6.02. The zero-order valence-electron chi connectivity index (χ0n) is 18.5. The number of halogens is 2. The van der Waals surface area contributed by atoms with Crippen LogP contribution in [0.1, 0.15) is 36.5 Å². The first kappa shape index (κ1) is 22.7. The largest absolute Gasteiger partial charge is 0.495 e. The lowest BCUT2D eigenvalue weighted by molar-refractivity contribution is -0.140. The lowest BCUT2D eigenvalue weighted by Crippen LogP contribution is -2.48. The van der Waals surface area contributed by atoms with Crippen molar-refractivity contribution in [1.29, 1.82) is 0 Å². The Morgan fingerprint density at radius 3 is 2.73 bits per heavy atom. The molecule has 2 atom stereocenters. The number of methoxy groups -OCH3 is 1. The molecular formula is C22H25F2N5O4. The summed E-state index contributed by atoms with van der Waals surface area (Å²) < 4.78 is 34.8. The number of para-hydroxylation sites is 1. The van der Waals surface area contributed by atoms with Crippen LogP contribution in [-0.4, -0.2) is 59.6 Å². The molecule has 1 saturated carbocycles. The molecule has 2 N–H and O–H groups in total. The van der Waals surface area contributed by atoms with Gasteiger partial charge in [0.05, 0.1) is 31.1 Å². The average Bonchev–Trinajstić information content (AvgIpc) is 3.19. The van der Waals surface area contributed by atoms with E-state index >= 15 is 0 Å². The maximum atomic E-state index is 14.8. The Morgan fingerprint density at radius 2 is 2.09 bits per heavy atom. The minimum Gasteiger partial charge on any atom is -0.495 e. The van der Waals surface area contributed by atoms with Gasteiger partial charge in [0, 0.05) is 13.1 Å². The number of carboxylic acid groups (broad SMARTS) is 1. The van der Waals surface area contributed by atoms with Crippen molar-refractivity contribution in [1.82, 2.24) is 9.97 Å². The number of rotatable bonds is 5. The predicted molar refractivity (Wildman–Crippen MR) is 118 cm³/mol. The standard InChI is InChI=1S/C22H25F2N5O4/c1-12-7-8-13(9-12)29-11-22(23,24)20(32)28(2)15-10-25-21(27-18(15)29)26-17-14(19(30)31)5-4-6-16(17)33-3/h4-6,10,12-13H,7-9,11H2,1-3H3,(H,30,31)(H,25,26,27)/t12-,13?/m1/s1. The molecule has 4 rings (SSSR count). The topological polar surface area (TPSA) is 108 Å². The van der Waals surface area contributed by atoms with Gasteiger partial charge in [0.2, 0.25) is 5.95 Å². The van der Waals surface area contributed by atoms with Crippen LogP contribution in [-0.2, 0) is 4.79 Å². The van der Waals surface area contributed by atoms with Crippen LogP contribution in [0, 0.1) is 5.92 Å². The summed E-state index contributed by atoms with van der Waals surface area (Å²) in [6.07, 6.45) is 3.60. The van der Waals surface area contributed by atoms with Crippen LogP contribution in [0.5, 0.6) is 5.75 Å². The number of hydrogen-bond donors (Lipinski definition) is 2. The van der Waals surface area contributed by atoms with Gasteiger partial charge < -0.3 is 25.0 Å². The number of alkyl halides is 2. The van der Waals surface area contributed by atoms with E-state index in [2.05, 4.69) is 22.2 Å². The molecule has 0 spiro atoms. The fourth-order valence-corrected chi connectivity index (χ4v) is 4.47. The highest BCUT2D eigenvalue weighted by Gasteiger charge is 2.49. The van der Waals surface area contributed by atoms with Crippen molar-refractivity contribution in [2.24, 2.45) is 5.92 Å². The summed E-state index contributed by atoms with van der Waals surface area (Å²) in [4.78, 5) is 35.1. The average molecular weight is 461 g/mol. The molecular weight excluding hydrogens is 436 g/mol. The Hall–Kier alpha value is -3.50. The second-order valence-corrected chi connectivity index (χ2v) is 8.48. The summed E-state index contributed by atoms with van der Waals surface area (Å²) in [6.45, 7) is 1.28. The SMILES string of the molecule is COc1cccc(C(=O)O)c1Nc1ncc2c(n1)N(C1CC[C@@H](C)C1)CC(F)(F)C(=O)N2C. The van der Waals surface area contributed by atoms with Crippen LogP contribution < -0.4 is 19.9 Å². The maximum Gasteiger partial charge on any atom is 0.342 e. The number of nitrogens with one attached hydrogen (secondary N) is 1. The predicted octanol–water partition coefficient (Wildman–Crippen LogP) is 3.53. The fourth-order valence-electron chi connectivity index (χ4n) is 4.47. The number of fused-ring (bicyclic) bond motifs is 1. The molecule has 1 aliphatic carbocycles. The summed E-state index contributed by atoms with van der Waals surface area (Å²) in [6, 6.07) is 4.32. The van der Waals surface area contributed by atoms with Gasteiger partial charge in [0.25, 0.3) is 5.91 Å². The van der Waals surface area contributed by atoms with Gasteiger partial charge in [-0.3, -0.25) is 4.79 Å².